The number of hydrogen-bond acceptors (Lipinski definition) is 4. The Labute approximate surface area is 136 Å². The quantitative estimate of drug-likeness (QED) is 0.815. The second kappa shape index (κ2) is 6.32. The van der Waals surface area contributed by atoms with Crippen LogP contribution in [-0.4, -0.2) is 45.0 Å². The molecule has 1 saturated heterocycles. The monoisotopic (exact) mass is 318 g/mol. The second-order valence-electron chi connectivity index (χ2n) is 5.93. The van der Waals surface area contributed by atoms with Crippen molar-refractivity contribution in [2.75, 3.05) is 19.7 Å². The highest BCUT2D eigenvalue weighted by molar-refractivity contribution is 7.71. The molecule has 5 nitrogen and oxygen atoms in total. The first-order chi connectivity index (χ1) is 10.5. The van der Waals surface area contributed by atoms with Gasteiger partial charge in [0.25, 0.3) is 0 Å². The van der Waals surface area contributed by atoms with E-state index in [0.29, 0.717) is 6.67 Å². The van der Waals surface area contributed by atoms with Gasteiger partial charge in [-0.1, -0.05) is 23.8 Å². The van der Waals surface area contributed by atoms with E-state index in [9.17, 15) is 0 Å². The SMILES string of the molecule is Cc1cccc(-c2nn(CN3CCO[C@H](C)C3)c(=S)n2C)c1. The maximum atomic E-state index is 5.58. The van der Waals surface area contributed by atoms with E-state index in [2.05, 4.69) is 43.0 Å². The van der Waals surface area contributed by atoms with Crippen LogP contribution in [0.4, 0.5) is 0 Å². The molecule has 1 aliphatic rings. The van der Waals surface area contributed by atoms with Crippen molar-refractivity contribution in [1.29, 1.82) is 0 Å². The molecular formula is C16H22N4OS. The number of aryl methyl sites for hydroxylation is 1. The zero-order chi connectivity index (χ0) is 15.7. The maximum Gasteiger partial charge on any atom is 0.199 e. The average Bonchev–Trinajstić information content (AvgIpc) is 2.76. The average molecular weight is 318 g/mol. The lowest BCUT2D eigenvalue weighted by atomic mass is 10.1. The Morgan fingerprint density at radius 1 is 1.41 bits per heavy atom. The third kappa shape index (κ3) is 3.14. The van der Waals surface area contributed by atoms with Crippen LogP contribution in [0.1, 0.15) is 12.5 Å². The lowest BCUT2D eigenvalue weighted by Gasteiger charge is -2.30. The third-order valence-corrected chi connectivity index (χ3v) is 4.46. The number of benzene rings is 1. The molecule has 0 aliphatic carbocycles. The molecule has 6 heteroatoms. The molecule has 2 heterocycles. The summed E-state index contributed by atoms with van der Waals surface area (Å²) in [6, 6.07) is 8.35. The van der Waals surface area contributed by atoms with Crippen LogP contribution in [0.15, 0.2) is 24.3 Å². The van der Waals surface area contributed by atoms with E-state index in [-0.39, 0.29) is 6.10 Å². The van der Waals surface area contributed by atoms with E-state index in [1.807, 2.05) is 16.3 Å². The van der Waals surface area contributed by atoms with Gasteiger partial charge in [0.15, 0.2) is 10.6 Å². The van der Waals surface area contributed by atoms with Crippen LogP contribution < -0.4 is 0 Å². The normalized spacial score (nSPS) is 19.5. The zero-order valence-electron chi connectivity index (χ0n) is 13.3. The van der Waals surface area contributed by atoms with Crippen molar-refractivity contribution in [2.24, 2.45) is 7.05 Å². The van der Waals surface area contributed by atoms with Gasteiger partial charge in [0.2, 0.25) is 0 Å². The first kappa shape index (κ1) is 15.4. The fourth-order valence-electron chi connectivity index (χ4n) is 2.82. The minimum Gasteiger partial charge on any atom is -0.376 e. The first-order valence-electron chi connectivity index (χ1n) is 7.59. The fourth-order valence-corrected chi connectivity index (χ4v) is 3.01. The van der Waals surface area contributed by atoms with Crippen LogP contribution in [0, 0.1) is 11.7 Å². The van der Waals surface area contributed by atoms with Crippen LogP contribution >= 0.6 is 12.2 Å². The van der Waals surface area contributed by atoms with Crippen LogP contribution in [0.3, 0.4) is 0 Å². The molecule has 0 bridgehead atoms. The van der Waals surface area contributed by atoms with Crippen LogP contribution in [-0.2, 0) is 18.5 Å². The minimum atomic E-state index is 0.267. The predicted octanol–water partition coefficient (Wildman–Crippen LogP) is 2.60. The molecule has 2 aromatic rings. The summed E-state index contributed by atoms with van der Waals surface area (Å²) in [5, 5.41) is 4.73. The van der Waals surface area contributed by atoms with Gasteiger partial charge in [0, 0.05) is 25.7 Å². The van der Waals surface area contributed by atoms with Gasteiger partial charge in [-0.25, -0.2) is 4.68 Å². The van der Waals surface area contributed by atoms with Crippen LogP contribution in [0.5, 0.6) is 0 Å². The highest BCUT2D eigenvalue weighted by Gasteiger charge is 2.18. The van der Waals surface area contributed by atoms with Gasteiger partial charge in [-0.15, -0.1) is 0 Å². The molecule has 0 spiro atoms. The van der Waals surface area contributed by atoms with E-state index in [4.69, 9.17) is 22.1 Å². The number of rotatable bonds is 3. The van der Waals surface area contributed by atoms with Crippen molar-refractivity contribution in [3.8, 4) is 11.4 Å². The van der Waals surface area contributed by atoms with Crippen molar-refractivity contribution >= 4 is 12.2 Å². The van der Waals surface area contributed by atoms with E-state index in [1.54, 1.807) is 0 Å². The van der Waals surface area contributed by atoms with Gasteiger partial charge in [0.05, 0.1) is 19.4 Å². The molecule has 1 aromatic carbocycles. The molecule has 1 fully saturated rings. The summed E-state index contributed by atoms with van der Waals surface area (Å²) < 4.78 is 10.2. The van der Waals surface area contributed by atoms with Gasteiger partial charge >= 0.3 is 0 Å². The highest BCUT2D eigenvalue weighted by atomic mass is 32.1. The summed E-state index contributed by atoms with van der Waals surface area (Å²) in [5.41, 5.74) is 2.32. The molecule has 3 rings (SSSR count). The topological polar surface area (TPSA) is 35.2 Å². The van der Waals surface area contributed by atoms with Crippen molar-refractivity contribution in [1.82, 2.24) is 19.2 Å². The summed E-state index contributed by atoms with van der Waals surface area (Å²) >= 11 is 5.55. The number of nitrogens with zero attached hydrogens (tertiary/aromatic N) is 4. The van der Waals surface area contributed by atoms with E-state index in [1.165, 1.54) is 5.56 Å². The summed E-state index contributed by atoms with van der Waals surface area (Å²) in [5.74, 6) is 0.912. The van der Waals surface area contributed by atoms with Gasteiger partial charge in [-0.2, -0.15) is 5.10 Å². The van der Waals surface area contributed by atoms with Crippen LogP contribution in [0.2, 0.25) is 0 Å². The minimum absolute atomic E-state index is 0.267. The third-order valence-electron chi connectivity index (χ3n) is 3.98. The summed E-state index contributed by atoms with van der Waals surface area (Å²) in [4.78, 5) is 2.33. The largest absolute Gasteiger partial charge is 0.376 e. The predicted molar refractivity (Wildman–Crippen MR) is 89.2 cm³/mol. The van der Waals surface area contributed by atoms with Crippen molar-refractivity contribution < 1.29 is 4.74 Å². The molecule has 1 atom stereocenters. The Morgan fingerprint density at radius 2 is 2.23 bits per heavy atom. The molecule has 1 aliphatic heterocycles. The van der Waals surface area contributed by atoms with Crippen molar-refractivity contribution in [3.05, 3.63) is 34.6 Å². The lowest BCUT2D eigenvalue weighted by Crippen LogP contribution is -2.42. The standard InChI is InChI=1S/C16H22N4OS/c1-12-5-4-6-14(9-12)15-17-20(16(22)18(15)3)11-19-7-8-21-13(2)10-19/h4-6,9,13H,7-8,10-11H2,1-3H3/t13-/m1/s1. The number of hydrogen-bond donors (Lipinski definition) is 0. The number of ether oxygens (including phenoxy) is 1. The fraction of sp³-hybridized carbons (Fsp3) is 0.500. The molecular weight excluding hydrogens is 296 g/mol. The Hall–Kier alpha value is -1.50. The Kier molecular flexibility index (Phi) is 4.42. The number of aromatic nitrogens is 3. The van der Waals surface area contributed by atoms with E-state index >= 15 is 0 Å². The summed E-state index contributed by atoms with van der Waals surface area (Å²) in [6.07, 6.45) is 0.267. The summed E-state index contributed by atoms with van der Waals surface area (Å²) in [7, 11) is 1.98. The van der Waals surface area contributed by atoms with Gasteiger partial charge in [-0.05, 0) is 32.1 Å². The van der Waals surface area contributed by atoms with Crippen molar-refractivity contribution in [2.45, 2.75) is 26.6 Å². The Balaban J connectivity index is 1.88. The van der Waals surface area contributed by atoms with Gasteiger partial charge in [0.1, 0.15) is 0 Å². The van der Waals surface area contributed by atoms with Gasteiger partial charge < -0.3 is 9.30 Å². The second-order valence-corrected chi connectivity index (χ2v) is 6.30. The van der Waals surface area contributed by atoms with Crippen LogP contribution in [0.25, 0.3) is 11.4 Å². The Morgan fingerprint density at radius 3 is 2.95 bits per heavy atom. The molecule has 0 amide bonds. The van der Waals surface area contributed by atoms with Gasteiger partial charge in [-0.3, -0.25) is 4.90 Å². The molecule has 22 heavy (non-hydrogen) atoms. The molecule has 1 aromatic heterocycles. The van der Waals surface area contributed by atoms with Crippen molar-refractivity contribution in [3.63, 3.8) is 0 Å². The zero-order valence-corrected chi connectivity index (χ0v) is 14.1. The Bertz CT molecular complexity index is 721. The molecule has 118 valence electrons. The smallest absolute Gasteiger partial charge is 0.199 e. The van der Waals surface area contributed by atoms with E-state index in [0.717, 1.165) is 35.9 Å². The maximum absolute atomic E-state index is 5.58. The highest BCUT2D eigenvalue weighted by Crippen LogP contribution is 2.19. The van der Waals surface area contributed by atoms with E-state index < -0.39 is 0 Å². The lowest BCUT2D eigenvalue weighted by molar-refractivity contribution is -0.0307. The molecule has 0 radical (unpaired) electrons. The number of morpholine rings is 1. The summed E-state index contributed by atoms with van der Waals surface area (Å²) in [6.45, 7) is 7.51. The first-order valence-corrected chi connectivity index (χ1v) is 8.00. The molecule has 0 N–H and O–H groups in total. The molecule has 0 saturated carbocycles. The molecule has 0 unspecified atom stereocenters.